The number of halogens is 1. The second kappa shape index (κ2) is 5.31. The first kappa shape index (κ1) is 13.7. The molecule has 1 amide bonds. The molecule has 1 aromatic carbocycles. The fraction of sp³-hybridized carbons (Fsp3) is 0.333. The lowest BCUT2D eigenvalue weighted by Crippen LogP contribution is -2.33. The SMILES string of the molecule is CC(C)(C)C(=O)ONC(=O)c1ccc(Br)cc1. The minimum Gasteiger partial charge on any atom is -0.340 e. The van der Waals surface area contributed by atoms with Gasteiger partial charge in [0.25, 0.3) is 5.91 Å². The van der Waals surface area contributed by atoms with Crippen LogP contribution < -0.4 is 5.48 Å². The summed E-state index contributed by atoms with van der Waals surface area (Å²) in [7, 11) is 0. The van der Waals surface area contributed by atoms with Crippen molar-refractivity contribution in [2.24, 2.45) is 5.41 Å². The Morgan fingerprint density at radius 1 is 1.18 bits per heavy atom. The van der Waals surface area contributed by atoms with Gasteiger partial charge in [-0.25, -0.2) is 4.79 Å². The highest BCUT2D eigenvalue weighted by Gasteiger charge is 2.24. The Hall–Kier alpha value is -1.36. The van der Waals surface area contributed by atoms with E-state index in [0.29, 0.717) is 5.56 Å². The van der Waals surface area contributed by atoms with E-state index in [9.17, 15) is 9.59 Å². The first-order valence-corrected chi connectivity index (χ1v) is 5.87. The van der Waals surface area contributed by atoms with Crippen molar-refractivity contribution in [2.75, 3.05) is 0 Å². The molecule has 0 aliphatic carbocycles. The Morgan fingerprint density at radius 3 is 2.18 bits per heavy atom. The first-order valence-electron chi connectivity index (χ1n) is 5.08. The van der Waals surface area contributed by atoms with Crippen LogP contribution in [-0.4, -0.2) is 11.9 Å². The summed E-state index contributed by atoms with van der Waals surface area (Å²) in [6.45, 7) is 5.13. The molecule has 0 saturated carbocycles. The Balaban J connectivity index is 2.56. The molecule has 0 aromatic heterocycles. The minimum atomic E-state index is -0.646. The van der Waals surface area contributed by atoms with Crippen LogP contribution in [-0.2, 0) is 9.63 Å². The number of hydrogen-bond donors (Lipinski definition) is 1. The molecule has 1 rings (SSSR count). The maximum atomic E-state index is 11.6. The molecule has 1 aromatic rings. The summed E-state index contributed by atoms with van der Waals surface area (Å²) < 4.78 is 0.876. The highest BCUT2D eigenvalue weighted by atomic mass is 79.9. The van der Waals surface area contributed by atoms with Crippen molar-refractivity contribution in [1.82, 2.24) is 5.48 Å². The summed E-state index contributed by atoms with van der Waals surface area (Å²) in [6.07, 6.45) is 0. The first-order chi connectivity index (χ1) is 7.80. The van der Waals surface area contributed by atoms with Crippen LogP contribution in [0.4, 0.5) is 0 Å². The van der Waals surface area contributed by atoms with E-state index < -0.39 is 17.3 Å². The molecule has 0 aliphatic heterocycles. The van der Waals surface area contributed by atoms with E-state index in [1.54, 1.807) is 45.0 Å². The number of carbonyl (C=O) groups is 2. The Labute approximate surface area is 108 Å². The number of hydroxylamine groups is 1. The molecule has 4 nitrogen and oxygen atoms in total. The van der Waals surface area contributed by atoms with Crippen molar-refractivity contribution in [3.63, 3.8) is 0 Å². The molecule has 0 heterocycles. The van der Waals surface area contributed by atoms with Crippen molar-refractivity contribution in [1.29, 1.82) is 0 Å². The van der Waals surface area contributed by atoms with Crippen molar-refractivity contribution in [3.8, 4) is 0 Å². The monoisotopic (exact) mass is 299 g/mol. The number of hydrogen-bond acceptors (Lipinski definition) is 3. The summed E-state index contributed by atoms with van der Waals surface area (Å²) >= 11 is 3.27. The van der Waals surface area contributed by atoms with Gasteiger partial charge in [-0.15, -0.1) is 0 Å². The quantitative estimate of drug-likeness (QED) is 0.811. The van der Waals surface area contributed by atoms with Crippen molar-refractivity contribution in [2.45, 2.75) is 20.8 Å². The average Bonchev–Trinajstić information content (AvgIpc) is 2.25. The summed E-state index contributed by atoms with van der Waals surface area (Å²) in [5.74, 6) is -0.932. The van der Waals surface area contributed by atoms with E-state index >= 15 is 0 Å². The second-order valence-corrected chi connectivity index (χ2v) is 5.49. The highest BCUT2D eigenvalue weighted by Crippen LogP contribution is 2.14. The van der Waals surface area contributed by atoms with E-state index in [0.717, 1.165) is 4.47 Å². The fourth-order valence-corrected chi connectivity index (χ4v) is 1.17. The van der Waals surface area contributed by atoms with Crippen molar-refractivity contribution in [3.05, 3.63) is 34.3 Å². The molecule has 92 valence electrons. The zero-order valence-electron chi connectivity index (χ0n) is 9.91. The summed E-state index contributed by atoms with van der Waals surface area (Å²) in [5, 5.41) is 0. The van der Waals surface area contributed by atoms with E-state index in [1.165, 1.54) is 0 Å². The van der Waals surface area contributed by atoms with Gasteiger partial charge in [-0.2, -0.15) is 5.48 Å². The van der Waals surface area contributed by atoms with Crippen LogP contribution in [0.1, 0.15) is 31.1 Å². The van der Waals surface area contributed by atoms with E-state index in [2.05, 4.69) is 21.4 Å². The molecule has 0 radical (unpaired) electrons. The van der Waals surface area contributed by atoms with Gasteiger partial charge in [0.05, 0.1) is 5.41 Å². The molecule has 1 N–H and O–H groups in total. The van der Waals surface area contributed by atoms with Gasteiger partial charge >= 0.3 is 5.97 Å². The van der Waals surface area contributed by atoms with Crippen LogP contribution in [0.2, 0.25) is 0 Å². The molecule has 0 spiro atoms. The predicted molar refractivity (Wildman–Crippen MR) is 67.2 cm³/mol. The molecule has 0 fully saturated rings. The van der Waals surface area contributed by atoms with Crippen LogP contribution in [0, 0.1) is 5.41 Å². The van der Waals surface area contributed by atoms with Crippen LogP contribution in [0.3, 0.4) is 0 Å². The molecule has 0 unspecified atom stereocenters. The third-order valence-electron chi connectivity index (χ3n) is 1.96. The number of rotatable bonds is 1. The zero-order valence-corrected chi connectivity index (χ0v) is 11.5. The van der Waals surface area contributed by atoms with Gasteiger partial charge < -0.3 is 4.84 Å². The molecule has 5 heteroatoms. The van der Waals surface area contributed by atoms with Crippen LogP contribution in [0.15, 0.2) is 28.7 Å². The summed E-state index contributed by atoms with van der Waals surface area (Å²) in [4.78, 5) is 27.7. The molecular formula is C12H14BrNO3. The molecule has 0 bridgehead atoms. The lowest BCUT2D eigenvalue weighted by atomic mass is 9.98. The summed E-state index contributed by atoms with van der Waals surface area (Å²) in [5.41, 5.74) is 1.90. The third kappa shape index (κ3) is 4.19. The van der Waals surface area contributed by atoms with Gasteiger partial charge in [0.1, 0.15) is 0 Å². The predicted octanol–water partition coefficient (Wildman–Crippen LogP) is 2.68. The van der Waals surface area contributed by atoms with Gasteiger partial charge in [0.2, 0.25) is 0 Å². The third-order valence-corrected chi connectivity index (χ3v) is 2.48. The number of amides is 1. The lowest BCUT2D eigenvalue weighted by molar-refractivity contribution is -0.158. The van der Waals surface area contributed by atoms with Crippen molar-refractivity contribution >= 4 is 27.8 Å². The maximum Gasteiger partial charge on any atom is 0.337 e. The molecule has 0 aliphatic rings. The molecular weight excluding hydrogens is 286 g/mol. The second-order valence-electron chi connectivity index (χ2n) is 4.58. The van der Waals surface area contributed by atoms with Gasteiger partial charge in [0, 0.05) is 10.0 Å². The van der Waals surface area contributed by atoms with Crippen LogP contribution >= 0.6 is 15.9 Å². The van der Waals surface area contributed by atoms with Crippen LogP contribution in [0.25, 0.3) is 0 Å². The Morgan fingerprint density at radius 2 is 1.71 bits per heavy atom. The topological polar surface area (TPSA) is 55.4 Å². The number of nitrogens with one attached hydrogen (secondary N) is 1. The van der Waals surface area contributed by atoms with Gasteiger partial charge in [-0.1, -0.05) is 15.9 Å². The van der Waals surface area contributed by atoms with Gasteiger partial charge in [-0.3, -0.25) is 4.79 Å². The Bertz CT molecular complexity index is 420. The normalized spacial score (nSPS) is 10.8. The zero-order chi connectivity index (χ0) is 13.1. The summed E-state index contributed by atoms with van der Waals surface area (Å²) in [6, 6.07) is 6.73. The van der Waals surface area contributed by atoms with Gasteiger partial charge in [0.15, 0.2) is 0 Å². The molecule has 17 heavy (non-hydrogen) atoms. The van der Waals surface area contributed by atoms with E-state index in [4.69, 9.17) is 4.84 Å². The number of carbonyl (C=O) groups excluding carboxylic acids is 2. The van der Waals surface area contributed by atoms with E-state index in [-0.39, 0.29) is 0 Å². The minimum absolute atomic E-state index is 0.426. The fourth-order valence-electron chi connectivity index (χ4n) is 0.906. The van der Waals surface area contributed by atoms with Crippen LogP contribution in [0.5, 0.6) is 0 Å². The average molecular weight is 300 g/mol. The maximum absolute atomic E-state index is 11.6. The number of benzene rings is 1. The lowest BCUT2D eigenvalue weighted by Gasteiger charge is -2.15. The molecule has 0 atom stereocenters. The van der Waals surface area contributed by atoms with Crippen molar-refractivity contribution < 1.29 is 14.4 Å². The standard InChI is InChI=1S/C12H14BrNO3/c1-12(2,3)11(16)17-14-10(15)8-4-6-9(13)7-5-8/h4-7H,1-3H3,(H,14,15). The smallest absolute Gasteiger partial charge is 0.337 e. The largest absolute Gasteiger partial charge is 0.340 e. The highest BCUT2D eigenvalue weighted by molar-refractivity contribution is 9.10. The van der Waals surface area contributed by atoms with Gasteiger partial charge in [-0.05, 0) is 45.0 Å². The van der Waals surface area contributed by atoms with E-state index in [1.807, 2.05) is 0 Å². The Kier molecular flexibility index (Phi) is 4.28. The molecule has 0 saturated heterocycles.